The summed E-state index contributed by atoms with van der Waals surface area (Å²) >= 11 is 0. The van der Waals surface area contributed by atoms with Crippen LogP contribution >= 0.6 is 0 Å². The van der Waals surface area contributed by atoms with Crippen LogP contribution in [0.3, 0.4) is 0 Å². The lowest BCUT2D eigenvalue weighted by Crippen LogP contribution is -2.57. The minimum atomic E-state index is -1.06. The van der Waals surface area contributed by atoms with Crippen molar-refractivity contribution in [1.82, 2.24) is 25.9 Å². The zero-order chi connectivity index (χ0) is 33.3. The van der Waals surface area contributed by atoms with Crippen molar-refractivity contribution < 1.29 is 28.7 Å². The van der Waals surface area contributed by atoms with Crippen LogP contribution in [-0.2, 0) is 43.4 Å². The summed E-state index contributed by atoms with van der Waals surface area (Å²) in [5.74, 6) is -1.45. The number of hydrogen-bond acceptors (Lipinski definition) is 7. The van der Waals surface area contributed by atoms with E-state index in [0.717, 1.165) is 17.4 Å². The van der Waals surface area contributed by atoms with Crippen molar-refractivity contribution in [3.05, 3.63) is 90.0 Å². The van der Waals surface area contributed by atoms with Crippen molar-refractivity contribution in [3.63, 3.8) is 0 Å². The molecule has 0 spiro atoms. The molecule has 4 atom stereocenters. The molecule has 2 aromatic carbocycles. The van der Waals surface area contributed by atoms with E-state index >= 15 is 0 Å². The molecule has 46 heavy (non-hydrogen) atoms. The summed E-state index contributed by atoms with van der Waals surface area (Å²) in [6, 6.07) is 15.7. The number of carbonyl (C=O) groups is 5. The van der Waals surface area contributed by atoms with Gasteiger partial charge < -0.3 is 30.5 Å². The number of aldehydes is 1. The van der Waals surface area contributed by atoms with Crippen molar-refractivity contribution in [1.29, 1.82) is 0 Å². The van der Waals surface area contributed by atoms with E-state index in [1.54, 1.807) is 13.1 Å². The summed E-state index contributed by atoms with van der Waals surface area (Å²) < 4.78 is 5.38. The maximum Gasteiger partial charge on any atom is 0.408 e. The zero-order valence-corrected chi connectivity index (χ0v) is 26.7. The Morgan fingerprint density at radius 3 is 2.09 bits per heavy atom. The number of ether oxygens (including phenoxy) is 1. The number of benzene rings is 2. The van der Waals surface area contributed by atoms with Crippen molar-refractivity contribution in [3.8, 4) is 0 Å². The molecular formula is C35H45N5O6. The van der Waals surface area contributed by atoms with Crippen LogP contribution in [0.2, 0.25) is 0 Å². The average molecular weight is 632 g/mol. The molecule has 0 saturated heterocycles. The Morgan fingerprint density at radius 1 is 0.870 bits per heavy atom. The highest BCUT2D eigenvalue weighted by Gasteiger charge is 2.31. The predicted molar refractivity (Wildman–Crippen MR) is 173 cm³/mol. The van der Waals surface area contributed by atoms with Crippen LogP contribution in [-0.4, -0.2) is 58.1 Å². The number of hydrogen-bond donors (Lipinski definition) is 4. The summed E-state index contributed by atoms with van der Waals surface area (Å²) in [4.78, 5) is 71.5. The molecule has 3 amide bonds. The maximum atomic E-state index is 13.8. The first kappa shape index (κ1) is 35.7. The van der Waals surface area contributed by atoms with Gasteiger partial charge in [-0.3, -0.25) is 14.4 Å². The molecule has 0 radical (unpaired) electrons. The largest absolute Gasteiger partial charge is 0.445 e. The number of imidazole rings is 1. The van der Waals surface area contributed by atoms with Crippen molar-refractivity contribution in [2.45, 2.75) is 84.0 Å². The monoisotopic (exact) mass is 631 g/mol. The average Bonchev–Trinajstić information content (AvgIpc) is 3.57. The highest BCUT2D eigenvalue weighted by molar-refractivity contribution is 5.92. The molecule has 3 rings (SSSR count). The lowest BCUT2D eigenvalue weighted by Gasteiger charge is -2.29. The van der Waals surface area contributed by atoms with Crippen molar-refractivity contribution in [2.75, 3.05) is 0 Å². The van der Waals surface area contributed by atoms with Gasteiger partial charge in [0.25, 0.3) is 0 Å². The van der Waals surface area contributed by atoms with E-state index in [9.17, 15) is 24.0 Å². The summed E-state index contributed by atoms with van der Waals surface area (Å²) in [7, 11) is 0. The molecule has 4 N–H and O–H groups in total. The summed E-state index contributed by atoms with van der Waals surface area (Å²) in [6.07, 6.45) is 4.73. The second-order valence-electron chi connectivity index (χ2n) is 11.8. The first-order chi connectivity index (χ1) is 22.2. The van der Waals surface area contributed by atoms with Crippen LogP contribution in [0.5, 0.6) is 0 Å². The van der Waals surface area contributed by atoms with Crippen molar-refractivity contribution in [2.24, 2.45) is 11.8 Å². The fraction of sp³-hybridized carbons (Fsp3) is 0.429. The SMILES string of the molecule is CCC(=O)CCC(C=O)[C@H](CC(C)C)NC(=O)[C@H](Cc1cnc[nH]1)NC(=O)[C@H](Cc1ccccc1)NC(=O)OCc1ccccc1. The molecule has 0 bridgehead atoms. The molecular weight excluding hydrogens is 586 g/mol. The molecule has 0 aliphatic rings. The van der Waals surface area contributed by atoms with E-state index in [1.165, 1.54) is 6.33 Å². The molecule has 246 valence electrons. The Balaban J connectivity index is 1.80. The third-order valence-electron chi connectivity index (χ3n) is 7.61. The second kappa shape index (κ2) is 18.9. The van der Waals surface area contributed by atoms with Crippen LogP contribution < -0.4 is 16.0 Å². The first-order valence-corrected chi connectivity index (χ1v) is 15.7. The van der Waals surface area contributed by atoms with E-state index < -0.39 is 42.0 Å². The van der Waals surface area contributed by atoms with Gasteiger partial charge in [0.2, 0.25) is 11.8 Å². The number of aromatic nitrogens is 2. The minimum absolute atomic E-state index is 0.0240. The van der Waals surface area contributed by atoms with Gasteiger partial charge in [0.15, 0.2) is 0 Å². The second-order valence-corrected chi connectivity index (χ2v) is 11.8. The number of carbonyl (C=O) groups excluding carboxylic acids is 5. The van der Waals surface area contributed by atoms with Gasteiger partial charge in [-0.25, -0.2) is 9.78 Å². The van der Waals surface area contributed by atoms with E-state index in [1.807, 2.05) is 74.5 Å². The van der Waals surface area contributed by atoms with E-state index in [4.69, 9.17) is 4.74 Å². The molecule has 0 fully saturated rings. The molecule has 3 aromatic rings. The summed E-state index contributed by atoms with van der Waals surface area (Å²) in [6.45, 7) is 5.77. The molecule has 0 saturated carbocycles. The normalized spacial score (nSPS) is 13.6. The predicted octanol–water partition coefficient (Wildman–Crippen LogP) is 4.08. The first-order valence-electron chi connectivity index (χ1n) is 15.7. The summed E-state index contributed by atoms with van der Waals surface area (Å²) in [5, 5.41) is 8.46. The Kier molecular flexibility index (Phi) is 14.6. The van der Waals surface area contributed by atoms with Gasteiger partial charge >= 0.3 is 6.09 Å². The third kappa shape index (κ3) is 12.3. The van der Waals surface area contributed by atoms with Gasteiger partial charge in [0.05, 0.1) is 6.33 Å². The molecule has 1 aromatic heterocycles. The zero-order valence-electron chi connectivity index (χ0n) is 26.7. The molecule has 1 unspecified atom stereocenters. The Hall–Kier alpha value is -4.80. The highest BCUT2D eigenvalue weighted by atomic mass is 16.5. The van der Waals surface area contributed by atoms with Crippen molar-refractivity contribution >= 4 is 30.0 Å². The lowest BCUT2D eigenvalue weighted by molar-refractivity contribution is -0.131. The van der Waals surface area contributed by atoms with Gasteiger partial charge in [-0.15, -0.1) is 0 Å². The smallest absolute Gasteiger partial charge is 0.408 e. The highest BCUT2D eigenvalue weighted by Crippen LogP contribution is 2.18. The number of alkyl carbamates (subject to hydrolysis) is 1. The fourth-order valence-corrected chi connectivity index (χ4v) is 5.06. The van der Waals surface area contributed by atoms with Gasteiger partial charge in [-0.2, -0.15) is 0 Å². The number of amides is 3. The van der Waals surface area contributed by atoms with E-state index in [-0.39, 0.29) is 37.6 Å². The maximum absolute atomic E-state index is 13.8. The quantitative estimate of drug-likeness (QED) is 0.145. The molecule has 0 aliphatic carbocycles. The molecule has 0 aliphatic heterocycles. The molecule has 11 heteroatoms. The van der Waals surface area contributed by atoms with Gasteiger partial charge in [-0.05, 0) is 29.9 Å². The van der Waals surface area contributed by atoms with Crippen LogP contribution in [0.1, 0.15) is 63.3 Å². The van der Waals surface area contributed by atoms with Crippen LogP contribution in [0, 0.1) is 11.8 Å². The third-order valence-corrected chi connectivity index (χ3v) is 7.61. The fourth-order valence-electron chi connectivity index (χ4n) is 5.06. The number of aromatic amines is 1. The number of nitrogens with one attached hydrogen (secondary N) is 4. The summed E-state index contributed by atoms with van der Waals surface area (Å²) in [5.41, 5.74) is 2.20. The van der Waals surface area contributed by atoms with Crippen LogP contribution in [0.4, 0.5) is 4.79 Å². The number of Topliss-reactive ketones (excluding diaryl/α,β-unsaturated/α-hetero) is 1. The molecule has 1 heterocycles. The van der Waals surface area contributed by atoms with Crippen LogP contribution in [0.15, 0.2) is 73.2 Å². The van der Waals surface area contributed by atoms with Crippen LogP contribution in [0.25, 0.3) is 0 Å². The van der Waals surface area contributed by atoms with E-state index in [2.05, 4.69) is 25.9 Å². The number of H-pyrrole nitrogens is 1. The number of ketones is 1. The number of rotatable bonds is 19. The molecule has 11 nitrogen and oxygen atoms in total. The Morgan fingerprint density at radius 2 is 1.50 bits per heavy atom. The van der Waals surface area contributed by atoms with E-state index in [0.29, 0.717) is 25.0 Å². The standard InChI is InChI=1S/C35H45N5O6/c1-4-29(42)16-15-27(21-41)30(17-24(2)3)38-34(44)32(19-28-20-36-23-37-28)39-33(43)31(18-25-11-7-5-8-12-25)40-35(45)46-22-26-13-9-6-10-14-26/h5-14,20-21,23-24,27,30-32H,4,15-19,22H2,1-3H3,(H,36,37)(H,38,44)(H,39,43)(H,40,45)/t27?,30-,31-,32-/m0/s1. The van der Waals surface area contributed by atoms with Gasteiger partial charge in [-0.1, -0.05) is 81.4 Å². The minimum Gasteiger partial charge on any atom is -0.445 e. The number of nitrogens with zero attached hydrogens (tertiary/aromatic N) is 1. The topological polar surface area (TPSA) is 159 Å². The lowest BCUT2D eigenvalue weighted by atomic mass is 9.88. The Bertz CT molecular complexity index is 1380. The Labute approximate surface area is 270 Å². The van der Waals surface area contributed by atoms with Gasteiger partial charge in [0, 0.05) is 49.5 Å². The van der Waals surface area contributed by atoms with Gasteiger partial charge in [0.1, 0.15) is 30.8 Å².